The number of aromatic nitrogens is 2. The molecular formula is C21H25ClN4O. The predicted octanol–water partition coefficient (Wildman–Crippen LogP) is 3.62. The minimum Gasteiger partial charge on any atom is -0.347 e. The van der Waals surface area contributed by atoms with Crippen LogP contribution in [0.1, 0.15) is 46.4 Å². The molecule has 2 heterocycles. The van der Waals surface area contributed by atoms with Gasteiger partial charge in [-0.3, -0.25) is 4.79 Å². The van der Waals surface area contributed by atoms with Crippen molar-refractivity contribution in [3.8, 4) is 0 Å². The average Bonchev–Trinajstić information content (AvgIpc) is 3.01. The number of fused-ring (bicyclic) bond motifs is 2. The highest BCUT2D eigenvalue weighted by molar-refractivity contribution is 6.34. The van der Waals surface area contributed by atoms with Crippen LogP contribution in [0.3, 0.4) is 0 Å². The van der Waals surface area contributed by atoms with Gasteiger partial charge in [-0.2, -0.15) is 0 Å². The molecule has 4 rings (SSSR count). The van der Waals surface area contributed by atoms with Gasteiger partial charge in [0.05, 0.1) is 16.3 Å². The fraction of sp³-hybridized carbons (Fsp3) is 0.476. The lowest BCUT2D eigenvalue weighted by molar-refractivity contribution is 0.0633. The Balaban J connectivity index is 1.66. The molecule has 1 unspecified atom stereocenters. The van der Waals surface area contributed by atoms with E-state index in [4.69, 9.17) is 16.6 Å². The van der Waals surface area contributed by atoms with E-state index in [1.54, 1.807) is 0 Å². The second-order valence-corrected chi connectivity index (χ2v) is 8.36. The van der Waals surface area contributed by atoms with Crippen molar-refractivity contribution in [2.24, 2.45) is 0 Å². The van der Waals surface area contributed by atoms with Gasteiger partial charge in [0.1, 0.15) is 0 Å². The maximum atomic E-state index is 13.2. The highest BCUT2D eigenvalue weighted by Crippen LogP contribution is 2.44. The van der Waals surface area contributed by atoms with Crippen LogP contribution in [-0.4, -0.2) is 48.0 Å². The van der Waals surface area contributed by atoms with Crippen molar-refractivity contribution in [2.75, 3.05) is 32.1 Å². The highest BCUT2D eigenvalue weighted by Gasteiger charge is 2.45. The lowest BCUT2D eigenvalue weighted by Gasteiger charge is -2.40. The molecule has 1 fully saturated rings. The summed E-state index contributed by atoms with van der Waals surface area (Å²) in [4.78, 5) is 26.5. The quantitative estimate of drug-likeness (QED) is 0.793. The molecule has 0 bridgehead atoms. The Bertz CT molecular complexity index is 894. The zero-order valence-electron chi connectivity index (χ0n) is 16.1. The van der Waals surface area contributed by atoms with Gasteiger partial charge in [-0.1, -0.05) is 23.7 Å². The van der Waals surface area contributed by atoms with Crippen LogP contribution in [0.5, 0.6) is 0 Å². The number of hydrogen-bond acceptors (Lipinski definition) is 4. The van der Waals surface area contributed by atoms with E-state index in [2.05, 4.69) is 4.98 Å². The van der Waals surface area contributed by atoms with Crippen LogP contribution in [0.2, 0.25) is 5.02 Å². The number of nitrogens with zero attached hydrogens (tertiary/aromatic N) is 4. The second-order valence-electron chi connectivity index (χ2n) is 7.99. The number of aryl methyl sites for hydroxylation is 2. The minimum absolute atomic E-state index is 0.0260. The number of rotatable bonds is 2. The Morgan fingerprint density at radius 1 is 1.30 bits per heavy atom. The van der Waals surface area contributed by atoms with E-state index in [0.717, 1.165) is 49.4 Å². The Kier molecular flexibility index (Phi) is 4.58. The van der Waals surface area contributed by atoms with Gasteiger partial charge in [-0.15, -0.1) is 0 Å². The summed E-state index contributed by atoms with van der Waals surface area (Å²) in [5.74, 6) is 0.762. The monoisotopic (exact) mass is 384 g/mol. The average molecular weight is 385 g/mol. The number of hydrogen-bond donors (Lipinski definition) is 0. The summed E-state index contributed by atoms with van der Waals surface area (Å²) in [5.41, 5.74) is 3.83. The van der Waals surface area contributed by atoms with Crippen molar-refractivity contribution in [1.82, 2.24) is 14.9 Å². The zero-order valence-corrected chi connectivity index (χ0v) is 16.9. The molecule has 0 N–H and O–H groups in total. The Morgan fingerprint density at radius 2 is 2.11 bits per heavy atom. The minimum atomic E-state index is -0.0623. The van der Waals surface area contributed by atoms with Crippen molar-refractivity contribution in [3.63, 3.8) is 0 Å². The van der Waals surface area contributed by atoms with Crippen LogP contribution in [0.15, 0.2) is 24.4 Å². The third-order valence-electron chi connectivity index (χ3n) is 5.91. The maximum Gasteiger partial charge on any atom is 0.255 e. The van der Waals surface area contributed by atoms with Crippen LogP contribution < -0.4 is 4.90 Å². The van der Waals surface area contributed by atoms with Crippen LogP contribution in [0.25, 0.3) is 0 Å². The normalized spacial score (nSPS) is 21.4. The van der Waals surface area contributed by atoms with Crippen molar-refractivity contribution in [2.45, 2.75) is 38.0 Å². The molecule has 1 atom stereocenters. The van der Waals surface area contributed by atoms with Crippen molar-refractivity contribution < 1.29 is 4.79 Å². The van der Waals surface area contributed by atoms with Gasteiger partial charge < -0.3 is 9.80 Å². The van der Waals surface area contributed by atoms with E-state index in [-0.39, 0.29) is 11.3 Å². The summed E-state index contributed by atoms with van der Waals surface area (Å²) in [6.07, 6.45) is 6.02. The van der Waals surface area contributed by atoms with Crippen molar-refractivity contribution in [1.29, 1.82) is 0 Å². The van der Waals surface area contributed by atoms with Gasteiger partial charge in [0, 0.05) is 38.8 Å². The first-order valence-corrected chi connectivity index (χ1v) is 9.87. The molecule has 1 saturated heterocycles. The molecule has 6 heteroatoms. The summed E-state index contributed by atoms with van der Waals surface area (Å²) in [5, 5.41) is 0.561. The fourth-order valence-electron chi connectivity index (χ4n) is 4.43. The standard InChI is InChI=1S/C21H25ClN4O/c1-14-6-4-7-16(17(14)22)19(27)26-11-5-9-21(13-26)10-8-15-12-23-20(25(2)3)24-18(15)21/h4,6-7,12H,5,8-11,13H2,1-3H3. The first kappa shape index (κ1) is 18.2. The third-order valence-corrected chi connectivity index (χ3v) is 6.42. The topological polar surface area (TPSA) is 49.3 Å². The highest BCUT2D eigenvalue weighted by atomic mass is 35.5. The summed E-state index contributed by atoms with van der Waals surface area (Å²) in [6.45, 7) is 3.41. The molecule has 0 radical (unpaired) electrons. The molecule has 1 aliphatic heterocycles. The zero-order chi connectivity index (χ0) is 19.2. The first-order valence-electron chi connectivity index (χ1n) is 9.49. The van der Waals surface area contributed by atoms with Gasteiger partial charge in [-0.25, -0.2) is 9.97 Å². The third kappa shape index (κ3) is 3.08. The number of amides is 1. The van der Waals surface area contributed by atoms with E-state index in [9.17, 15) is 4.79 Å². The molecule has 1 spiro atoms. The predicted molar refractivity (Wildman–Crippen MR) is 108 cm³/mol. The molecule has 2 aromatic rings. The fourth-order valence-corrected chi connectivity index (χ4v) is 4.64. The van der Waals surface area contributed by atoms with Gasteiger partial charge in [0.25, 0.3) is 5.91 Å². The molecule has 1 aromatic carbocycles. The number of carbonyl (C=O) groups excluding carboxylic acids is 1. The van der Waals surface area contributed by atoms with E-state index in [1.807, 2.05) is 55.2 Å². The summed E-state index contributed by atoms with van der Waals surface area (Å²) < 4.78 is 0. The largest absolute Gasteiger partial charge is 0.347 e. The SMILES string of the molecule is Cc1cccc(C(=O)N2CCCC3(CCc4cnc(N(C)C)nc43)C2)c1Cl. The van der Waals surface area contributed by atoms with Gasteiger partial charge in [0.15, 0.2) is 0 Å². The van der Waals surface area contributed by atoms with Crippen LogP contribution in [0.4, 0.5) is 5.95 Å². The summed E-state index contributed by atoms with van der Waals surface area (Å²) >= 11 is 6.42. The molecule has 142 valence electrons. The lowest BCUT2D eigenvalue weighted by atomic mass is 9.77. The maximum absolute atomic E-state index is 13.2. The summed E-state index contributed by atoms with van der Waals surface area (Å²) in [6, 6.07) is 5.66. The van der Waals surface area contributed by atoms with Crippen molar-refractivity contribution in [3.05, 3.63) is 51.8 Å². The lowest BCUT2D eigenvalue weighted by Crippen LogP contribution is -2.48. The Morgan fingerprint density at radius 3 is 2.89 bits per heavy atom. The number of piperidine rings is 1. The molecule has 27 heavy (non-hydrogen) atoms. The van der Waals surface area contributed by atoms with Crippen LogP contribution in [0, 0.1) is 6.92 Å². The van der Waals surface area contributed by atoms with Gasteiger partial charge >= 0.3 is 0 Å². The Labute approximate surface area is 165 Å². The second kappa shape index (κ2) is 6.79. The van der Waals surface area contributed by atoms with E-state index in [1.165, 1.54) is 5.56 Å². The number of benzene rings is 1. The smallest absolute Gasteiger partial charge is 0.255 e. The molecule has 2 aliphatic rings. The molecule has 1 aliphatic carbocycles. The summed E-state index contributed by atoms with van der Waals surface area (Å²) in [7, 11) is 3.92. The van der Waals surface area contributed by atoms with Gasteiger partial charge in [0.2, 0.25) is 5.95 Å². The molecule has 5 nitrogen and oxygen atoms in total. The van der Waals surface area contributed by atoms with Crippen LogP contribution >= 0.6 is 11.6 Å². The first-order chi connectivity index (χ1) is 12.9. The number of halogens is 1. The number of anilines is 1. The number of carbonyl (C=O) groups is 1. The van der Waals surface area contributed by atoms with Crippen LogP contribution in [-0.2, 0) is 11.8 Å². The molecular weight excluding hydrogens is 360 g/mol. The Hall–Kier alpha value is -2.14. The molecule has 1 amide bonds. The molecule has 1 aromatic heterocycles. The van der Waals surface area contributed by atoms with E-state index >= 15 is 0 Å². The molecule has 0 saturated carbocycles. The number of likely N-dealkylation sites (tertiary alicyclic amines) is 1. The van der Waals surface area contributed by atoms with Gasteiger partial charge in [-0.05, 0) is 49.8 Å². The van der Waals surface area contributed by atoms with Crippen molar-refractivity contribution >= 4 is 23.5 Å². The van der Waals surface area contributed by atoms with E-state index in [0.29, 0.717) is 17.1 Å². The van der Waals surface area contributed by atoms with E-state index < -0.39 is 0 Å².